The van der Waals surface area contributed by atoms with Crippen LogP contribution in [-0.2, 0) is 0 Å². The number of aldehydes is 1. The molecule has 3 nitrogen and oxygen atoms in total. The topological polar surface area (TPSA) is 39.2 Å². The van der Waals surface area contributed by atoms with E-state index in [0.29, 0.717) is 17.4 Å². The van der Waals surface area contributed by atoms with Crippen LogP contribution < -0.4 is 4.74 Å². The van der Waals surface area contributed by atoms with Crippen molar-refractivity contribution in [2.24, 2.45) is 0 Å². The van der Waals surface area contributed by atoms with Gasteiger partial charge in [0.2, 0.25) is 5.88 Å². The predicted octanol–water partition coefficient (Wildman–Crippen LogP) is 2.56. The fourth-order valence-corrected chi connectivity index (χ4v) is 1.48. The van der Waals surface area contributed by atoms with Crippen LogP contribution in [0.4, 0.5) is 0 Å². The molecule has 0 aromatic carbocycles. The summed E-state index contributed by atoms with van der Waals surface area (Å²) < 4.78 is 5.51. The van der Waals surface area contributed by atoms with Gasteiger partial charge in [0.25, 0.3) is 0 Å². The number of carbonyl (C=O) groups is 1. The van der Waals surface area contributed by atoms with Crippen LogP contribution in [-0.4, -0.2) is 17.4 Å². The van der Waals surface area contributed by atoms with Crippen LogP contribution in [0.1, 0.15) is 48.7 Å². The van der Waals surface area contributed by atoms with E-state index in [1.165, 1.54) is 12.8 Å². The van der Waals surface area contributed by atoms with Gasteiger partial charge >= 0.3 is 0 Å². The van der Waals surface area contributed by atoms with E-state index >= 15 is 0 Å². The normalized spacial score (nSPS) is 15.4. The van der Waals surface area contributed by atoms with Crippen molar-refractivity contribution in [3.63, 3.8) is 0 Å². The maximum atomic E-state index is 10.8. The second-order valence-corrected chi connectivity index (χ2v) is 4.19. The van der Waals surface area contributed by atoms with Gasteiger partial charge in [0, 0.05) is 11.6 Å². The van der Waals surface area contributed by atoms with E-state index in [4.69, 9.17) is 4.74 Å². The minimum atomic E-state index is 0.0469. The number of rotatable bonds is 4. The number of aromatic nitrogens is 1. The summed E-state index contributed by atoms with van der Waals surface area (Å²) in [6.45, 7) is 3.86. The van der Waals surface area contributed by atoms with Crippen LogP contribution in [0.25, 0.3) is 0 Å². The molecule has 0 unspecified atom stereocenters. The molecule has 2 rings (SSSR count). The van der Waals surface area contributed by atoms with Crippen molar-refractivity contribution in [3.8, 4) is 5.88 Å². The van der Waals surface area contributed by atoms with Crippen molar-refractivity contribution in [3.05, 3.63) is 23.4 Å². The third kappa shape index (κ3) is 2.35. The SMILES string of the molecule is CC(C)Oc1nc(C2CC2)ccc1C=O. The first kappa shape index (κ1) is 10.1. The highest BCUT2D eigenvalue weighted by Crippen LogP contribution is 2.39. The molecule has 1 aromatic heterocycles. The zero-order valence-corrected chi connectivity index (χ0v) is 9.06. The molecule has 0 N–H and O–H groups in total. The Hall–Kier alpha value is -1.38. The molecule has 0 amide bonds. The van der Waals surface area contributed by atoms with Gasteiger partial charge in [-0.25, -0.2) is 4.98 Å². The summed E-state index contributed by atoms with van der Waals surface area (Å²) in [5, 5.41) is 0. The van der Waals surface area contributed by atoms with Gasteiger partial charge in [-0.05, 0) is 38.8 Å². The van der Waals surface area contributed by atoms with Crippen molar-refractivity contribution < 1.29 is 9.53 Å². The molecule has 80 valence electrons. The van der Waals surface area contributed by atoms with E-state index in [1.54, 1.807) is 6.07 Å². The van der Waals surface area contributed by atoms with E-state index in [2.05, 4.69) is 4.98 Å². The average molecular weight is 205 g/mol. The number of pyridine rings is 1. The average Bonchev–Trinajstić information content (AvgIpc) is 3.00. The first-order valence-corrected chi connectivity index (χ1v) is 5.33. The van der Waals surface area contributed by atoms with E-state index in [0.717, 1.165) is 12.0 Å². The Kier molecular flexibility index (Phi) is 2.71. The molecule has 3 heteroatoms. The number of carbonyl (C=O) groups excluding carboxylic acids is 1. The highest BCUT2D eigenvalue weighted by Gasteiger charge is 2.25. The van der Waals surface area contributed by atoms with Crippen LogP contribution in [0.3, 0.4) is 0 Å². The van der Waals surface area contributed by atoms with E-state index < -0.39 is 0 Å². The Labute approximate surface area is 89.5 Å². The van der Waals surface area contributed by atoms with E-state index in [9.17, 15) is 4.79 Å². The second kappa shape index (κ2) is 4.01. The summed E-state index contributed by atoms with van der Waals surface area (Å²) in [4.78, 5) is 15.2. The number of ether oxygens (including phenoxy) is 1. The molecule has 1 aliphatic carbocycles. The lowest BCUT2D eigenvalue weighted by molar-refractivity contribution is 0.111. The molecule has 0 atom stereocenters. The molecular formula is C12H15NO2. The van der Waals surface area contributed by atoms with Crippen molar-refractivity contribution >= 4 is 6.29 Å². The second-order valence-electron chi connectivity index (χ2n) is 4.19. The Morgan fingerprint density at radius 2 is 2.20 bits per heavy atom. The molecule has 0 bridgehead atoms. The maximum absolute atomic E-state index is 10.8. The van der Waals surface area contributed by atoms with E-state index in [1.807, 2.05) is 19.9 Å². The Balaban J connectivity index is 2.29. The summed E-state index contributed by atoms with van der Waals surface area (Å²) in [5.41, 5.74) is 1.59. The largest absolute Gasteiger partial charge is 0.474 e. The zero-order chi connectivity index (χ0) is 10.8. The number of hydrogen-bond acceptors (Lipinski definition) is 3. The fourth-order valence-electron chi connectivity index (χ4n) is 1.48. The van der Waals surface area contributed by atoms with Gasteiger partial charge in [0.05, 0.1) is 11.7 Å². The lowest BCUT2D eigenvalue weighted by atomic mass is 10.2. The zero-order valence-electron chi connectivity index (χ0n) is 9.06. The summed E-state index contributed by atoms with van der Waals surface area (Å²) in [5.74, 6) is 1.06. The van der Waals surface area contributed by atoms with Gasteiger partial charge < -0.3 is 4.74 Å². The summed E-state index contributed by atoms with van der Waals surface area (Å²) in [6, 6.07) is 3.72. The van der Waals surface area contributed by atoms with Gasteiger partial charge in [-0.3, -0.25) is 4.79 Å². The van der Waals surface area contributed by atoms with Crippen LogP contribution >= 0.6 is 0 Å². The first-order chi connectivity index (χ1) is 7.20. The molecule has 1 heterocycles. The Morgan fingerprint density at radius 3 is 2.73 bits per heavy atom. The van der Waals surface area contributed by atoms with Gasteiger partial charge in [-0.2, -0.15) is 0 Å². The van der Waals surface area contributed by atoms with Gasteiger partial charge in [-0.15, -0.1) is 0 Å². The molecular weight excluding hydrogens is 190 g/mol. The quantitative estimate of drug-likeness (QED) is 0.709. The van der Waals surface area contributed by atoms with Gasteiger partial charge in [-0.1, -0.05) is 0 Å². The highest BCUT2D eigenvalue weighted by molar-refractivity contribution is 5.78. The van der Waals surface area contributed by atoms with Crippen LogP contribution in [0.15, 0.2) is 12.1 Å². The van der Waals surface area contributed by atoms with E-state index in [-0.39, 0.29) is 6.10 Å². The highest BCUT2D eigenvalue weighted by atomic mass is 16.5. The molecule has 0 saturated heterocycles. The minimum absolute atomic E-state index is 0.0469. The lowest BCUT2D eigenvalue weighted by Crippen LogP contribution is -2.09. The van der Waals surface area contributed by atoms with Crippen molar-refractivity contribution in [2.75, 3.05) is 0 Å². The first-order valence-electron chi connectivity index (χ1n) is 5.33. The van der Waals surface area contributed by atoms with Gasteiger partial charge in [0.15, 0.2) is 6.29 Å². The molecule has 1 fully saturated rings. The maximum Gasteiger partial charge on any atom is 0.224 e. The lowest BCUT2D eigenvalue weighted by Gasteiger charge is -2.11. The molecule has 0 aliphatic heterocycles. The molecule has 0 radical (unpaired) electrons. The smallest absolute Gasteiger partial charge is 0.224 e. The number of nitrogens with zero attached hydrogens (tertiary/aromatic N) is 1. The van der Waals surface area contributed by atoms with Crippen LogP contribution in [0.2, 0.25) is 0 Å². The Morgan fingerprint density at radius 1 is 1.47 bits per heavy atom. The van der Waals surface area contributed by atoms with Crippen LogP contribution in [0, 0.1) is 0 Å². The molecule has 1 aliphatic rings. The standard InChI is InChI=1S/C12H15NO2/c1-8(2)15-12-10(7-14)5-6-11(13-12)9-3-4-9/h5-9H,3-4H2,1-2H3. The number of hydrogen-bond donors (Lipinski definition) is 0. The molecule has 0 spiro atoms. The van der Waals surface area contributed by atoms with Crippen molar-refractivity contribution in [1.29, 1.82) is 0 Å². The molecule has 1 saturated carbocycles. The minimum Gasteiger partial charge on any atom is -0.474 e. The van der Waals surface area contributed by atoms with Crippen molar-refractivity contribution in [2.45, 2.75) is 38.7 Å². The summed E-state index contributed by atoms with van der Waals surface area (Å²) in [6.07, 6.45) is 3.25. The fraction of sp³-hybridized carbons (Fsp3) is 0.500. The Bertz CT molecular complexity index is 370. The predicted molar refractivity (Wildman–Crippen MR) is 57.4 cm³/mol. The molecule has 1 aromatic rings. The van der Waals surface area contributed by atoms with Gasteiger partial charge in [0.1, 0.15) is 0 Å². The van der Waals surface area contributed by atoms with Crippen LogP contribution in [0.5, 0.6) is 5.88 Å². The molecule has 15 heavy (non-hydrogen) atoms. The third-order valence-electron chi connectivity index (χ3n) is 2.38. The third-order valence-corrected chi connectivity index (χ3v) is 2.38. The summed E-state index contributed by atoms with van der Waals surface area (Å²) >= 11 is 0. The monoisotopic (exact) mass is 205 g/mol. The van der Waals surface area contributed by atoms with Crippen molar-refractivity contribution in [1.82, 2.24) is 4.98 Å². The summed E-state index contributed by atoms with van der Waals surface area (Å²) in [7, 11) is 0.